The maximum atomic E-state index is 12.4. The number of carbonyl (C=O) groups excluding carboxylic acids is 2. The van der Waals surface area contributed by atoms with Crippen molar-refractivity contribution >= 4 is 27.6 Å². The number of methoxy groups -OCH3 is 1. The lowest BCUT2D eigenvalue weighted by Gasteiger charge is -2.12. The van der Waals surface area contributed by atoms with Crippen molar-refractivity contribution in [2.45, 2.75) is 11.3 Å². The van der Waals surface area contributed by atoms with Crippen molar-refractivity contribution in [2.75, 3.05) is 26.1 Å². The van der Waals surface area contributed by atoms with Crippen LogP contribution >= 0.6 is 0 Å². The summed E-state index contributed by atoms with van der Waals surface area (Å²) in [6.45, 7) is -0.529. The number of nitrogens with one attached hydrogen (secondary N) is 2. The number of esters is 1. The summed E-state index contributed by atoms with van der Waals surface area (Å²) < 4.78 is 36.7. The molecule has 0 fully saturated rings. The lowest BCUT2D eigenvalue weighted by Crippen LogP contribution is -2.22. The number of sulfonamides is 1. The molecule has 0 spiro atoms. The van der Waals surface area contributed by atoms with Crippen LogP contribution in [0.5, 0.6) is 5.75 Å². The average molecular weight is 469 g/mol. The summed E-state index contributed by atoms with van der Waals surface area (Å²) in [5, 5.41) is 2.76. The zero-order chi connectivity index (χ0) is 23.8. The molecule has 0 aliphatic heterocycles. The van der Waals surface area contributed by atoms with Crippen LogP contribution in [0.2, 0.25) is 0 Å². The van der Waals surface area contributed by atoms with Crippen LogP contribution in [0.1, 0.15) is 21.5 Å². The van der Waals surface area contributed by atoms with Gasteiger partial charge in [0.25, 0.3) is 5.91 Å². The molecule has 3 aromatic rings. The number of hydrogen-bond acceptors (Lipinski definition) is 6. The van der Waals surface area contributed by atoms with Crippen LogP contribution in [0.4, 0.5) is 5.69 Å². The first-order valence-electron chi connectivity index (χ1n) is 10.0. The van der Waals surface area contributed by atoms with Gasteiger partial charge in [-0.25, -0.2) is 17.9 Å². The Balaban J connectivity index is 1.66. The van der Waals surface area contributed by atoms with Gasteiger partial charge in [0.2, 0.25) is 10.0 Å². The molecule has 0 radical (unpaired) electrons. The summed E-state index contributed by atoms with van der Waals surface area (Å²) >= 11 is 0. The van der Waals surface area contributed by atoms with Crippen LogP contribution in [-0.4, -0.2) is 41.1 Å². The molecule has 3 aromatic carbocycles. The molecule has 0 heterocycles. The number of anilines is 1. The van der Waals surface area contributed by atoms with E-state index in [1.165, 1.54) is 26.3 Å². The molecule has 0 aliphatic carbocycles. The fourth-order valence-corrected chi connectivity index (χ4v) is 4.05. The van der Waals surface area contributed by atoms with E-state index in [1.807, 2.05) is 42.5 Å². The number of ether oxygens (including phenoxy) is 2. The molecule has 8 nitrogen and oxygen atoms in total. The molecule has 0 saturated heterocycles. The van der Waals surface area contributed by atoms with Gasteiger partial charge in [0.1, 0.15) is 10.6 Å². The number of benzene rings is 3. The van der Waals surface area contributed by atoms with Gasteiger partial charge in [0, 0.05) is 5.69 Å². The van der Waals surface area contributed by atoms with E-state index in [2.05, 4.69) is 10.0 Å². The fraction of sp³-hybridized carbons (Fsp3) is 0.167. The van der Waals surface area contributed by atoms with Gasteiger partial charge in [-0.3, -0.25) is 4.79 Å². The van der Waals surface area contributed by atoms with Gasteiger partial charge >= 0.3 is 5.97 Å². The lowest BCUT2D eigenvalue weighted by atomic mass is 10.0. The van der Waals surface area contributed by atoms with Crippen molar-refractivity contribution in [3.05, 3.63) is 89.5 Å². The Kier molecular flexibility index (Phi) is 7.81. The van der Waals surface area contributed by atoms with Crippen molar-refractivity contribution in [3.63, 3.8) is 0 Å². The van der Waals surface area contributed by atoms with Crippen molar-refractivity contribution in [1.82, 2.24) is 4.72 Å². The molecule has 33 heavy (non-hydrogen) atoms. The molecule has 0 atom stereocenters. The van der Waals surface area contributed by atoms with Gasteiger partial charge in [-0.1, -0.05) is 48.5 Å². The van der Waals surface area contributed by atoms with Gasteiger partial charge in [-0.05, 0) is 48.9 Å². The zero-order valence-electron chi connectivity index (χ0n) is 18.2. The third-order valence-electron chi connectivity index (χ3n) is 4.82. The van der Waals surface area contributed by atoms with Crippen LogP contribution in [0.25, 0.3) is 0 Å². The van der Waals surface area contributed by atoms with Crippen LogP contribution in [0.3, 0.4) is 0 Å². The van der Waals surface area contributed by atoms with Crippen LogP contribution in [0.15, 0.2) is 77.7 Å². The fourth-order valence-electron chi connectivity index (χ4n) is 3.14. The molecular formula is C24H24N2O6S. The summed E-state index contributed by atoms with van der Waals surface area (Å²) in [5.74, 6) is -1.27. The molecule has 3 rings (SSSR count). The van der Waals surface area contributed by atoms with E-state index in [9.17, 15) is 18.0 Å². The second kappa shape index (κ2) is 10.8. The molecule has 0 saturated carbocycles. The molecule has 0 bridgehead atoms. The van der Waals surface area contributed by atoms with E-state index in [1.54, 1.807) is 12.1 Å². The predicted molar refractivity (Wildman–Crippen MR) is 124 cm³/mol. The number of rotatable bonds is 9. The molecule has 0 aromatic heterocycles. The van der Waals surface area contributed by atoms with Crippen LogP contribution in [0, 0.1) is 0 Å². The SMILES string of the molecule is CNS(=O)(=O)c1cc(C(=O)OCC(=O)Nc2ccccc2Cc2ccccc2)ccc1OC. The minimum atomic E-state index is -3.86. The summed E-state index contributed by atoms with van der Waals surface area (Å²) in [6.07, 6.45) is 0.631. The van der Waals surface area contributed by atoms with Crippen molar-refractivity contribution in [3.8, 4) is 5.75 Å². The number of hydrogen-bond donors (Lipinski definition) is 2. The summed E-state index contributed by atoms with van der Waals surface area (Å²) in [7, 11) is -1.29. The largest absolute Gasteiger partial charge is 0.495 e. The minimum Gasteiger partial charge on any atom is -0.495 e. The highest BCUT2D eigenvalue weighted by Gasteiger charge is 2.21. The molecule has 2 N–H and O–H groups in total. The molecule has 9 heteroatoms. The standard InChI is InChI=1S/C24H24N2O6S/c1-25-33(29,30)22-15-19(12-13-21(22)31-2)24(28)32-16-23(27)26-20-11-7-6-10-18(20)14-17-8-4-3-5-9-17/h3-13,15,25H,14,16H2,1-2H3,(H,26,27). The zero-order valence-corrected chi connectivity index (χ0v) is 19.0. The average Bonchev–Trinajstić information content (AvgIpc) is 2.84. The first kappa shape index (κ1) is 24.0. The minimum absolute atomic E-state index is 0.0260. The van der Waals surface area contributed by atoms with E-state index >= 15 is 0 Å². The Labute approximate surface area is 192 Å². The van der Waals surface area contributed by atoms with Crippen molar-refractivity contribution in [2.24, 2.45) is 0 Å². The van der Waals surface area contributed by atoms with E-state index in [4.69, 9.17) is 9.47 Å². The maximum absolute atomic E-state index is 12.4. The molecule has 0 aliphatic rings. The highest BCUT2D eigenvalue weighted by molar-refractivity contribution is 7.89. The number of para-hydroxylation sites is 1. The summed E-state index contributed by atoms with van der Waals surface area (Å²) in [4.78, 5) is 24.6. The highest BCUT2D eigenvalue weighted by atomic mass is 32.2. The topological polar surface area (TPSA) is 111 Å². The van der Waals surface area contributed by atoms with E-state index in [0.717, 1.165) is 17.2 Å². The van der Waals surface area contributed by atoms with Gasteiger partial charge < -0.3 is 14.8 Å². The van der Waals surface area contributed by atoms with E-state index < -0.39 is 28.5 Å². The summed E-state index contributed by atoms with van der Waals surface area (Å²) in [6, 6.07) is 21.0. The van der Waals surface area contributed by atoms with Gasteiger partial charge in [-0.15, -0.1) is 0 Å². The molecule has 172 valence electrons. The normalized spacial score (nSPS) is 11.0. The van der Waals surface area contributed by atoms with Gasteiger partial charge in [0.15, 0.2) is 6.61 Å². The number of amides is 1. The Morgan fingerprint density at radius 3 is 2.33 bits per heavy atom. The Bertz CT molecular complexity index is 1240. The molecule has 0 unspecified atom stereocenters. The lowest BCUT2D eigenvalue weighted by molar-refractivity contribution is -0.119. The third kappa shape index (κ3) is 6.18. The van der Waals surface area contributed by atoms with E-state index in [-0.39, 0.29) is 16.2 Å². The Morgan fingerprint density at radius 2 is 1.64 bits per heavy atom. The first-order valence-corrected chi connectivity index (χ1v) is 11.5. The van der Waals surface area contributed by atoms with E-state index in [0.29, 0.717) is 12.1 Å². The molecule has 1 amide bonds. The van der Waals surface area contributed by atoms with Gasteiger partial charge in [0.05, 0.1) is 12.7 Å². The Hall–Kier alpha value is -3.69. The van der Waals surface area contributed by atoms with Gasteiger partial charge in [-0.2, -0.15) is 0 Å². The van der Waals surface area contributed by atoms with Crippen molar-refractivity contribution < 1.29 is 27.5 Å². The molecular weight excluding hydrogens is 444 g/mol. The van der Waals surface area contributed by atoms with Crippen LogP contribution in [-0.2, 0) is 26.0 Å². The second-order valence-corrected chi connectivity index (χ2v) is 8.87. The monoisotopic (exact) mass is 468 g/mol. The highest BCUT2D eigenvalue weighted by Crippen LogP contribution is 2.25. The quantitative estimate of drug-likeness (QED) is 0.467. The maximum Gasteiger partial charge on any atom is 0.338 e. The summed E-state index contributed by atoms with van der Waals surface area (Å²) in [5.41, 5.74) is 2.61. The third-order valence-corrected chi connectivity index (χ3v) is 6.26. The first-order chi connectivity index (χ1) is 15.8. The smallest absolute Gasteiger partial charge is 0.338 e. The Morgan fingerprint density at radius 1 is 0.939 bits per heavy atom. The van der Waals surface area contributed by atoms with Crippen LogP contribution < -0.4 is 14.8 Å². The number of carbonyl (C=O) groups is 2. The second-order valence-electron chi connectivity index (χ2n) is 7.02. The predicted octanol–water partition coefficient (Wildman–Crippen LogP) is 2.99. The van der Waals surface area contributed by atoms with Crippen molar-refractivity contribution in [1.29, 1.82) is 0 Å².